The van der Waals surface area contributed by atoms with E-state index in [1.54, 1.807) is 28.8 Å². The molecule has 1 aliphatic carbocycles. The quantitative estimate of drug-likeness (QED) is 0.0387. The van der Waals surface area contributed by atoms with E-state index in [4.69, 9.17) is 14.2 Å². The van der Waals surface area contributed by atoms with Crippen LogP contribution in [0.4, 0.5) is 47.2 Å². The monoisotopic (exact) mass is 1350 g/mol. The standard InChI is InChI=1S/C72H83F7N10O8/c1-84(32-14-33-86(3)65(92)53-45-81-67(82-46-53)80-31-13-5-8-21-63(90)85(2)39-40-87-34-26-58(27-35-87)97-68(94)83-61-20-12-10-18-59(61)50-15-6-4-7-16-50)64(91)47-95-62-43-51-17-9-11-19-60(51)69(62)28-36-88(37-29-69)38-30-70(54-22-24-57(73)25-23-54)48-89(49-96-70)66(93)52-41-55(71(74,75)76)44-56(42-52)72(77,78)79/h4,6-7,9-12,15-20,22-25,41-42,44-46,58,62H,5,8,13-14,21,26-40,43,47-49H2,1-3H3,(H,83,94)(H,80,81,82)/t62-,70-/m0/s1. The van der Waals surface area contributed by atoms with Crippen molar-refractivity contribution in [2.45, 2.75) is 106 Å². The highest BCUT2D eigenvalue weighted by Gasteiger charge is 2.50. The van der Waals surface area contributed by atoms with Crippen LogP contribution in [0.1, 0.15) is 113 Å². The molecule has 0 bridgehead atoms. The van der Waals surface area contributed by atoms with Gasteiger partial charge in [-0.1, -0.05) is 91.3 Å². The fourth-order valence-corrected chi connectivity index (χ4v) is 13.5. The van der Waals surface area contributed by atoms with E-state index in [2.05, 4.69) is 42.5 Å². The average Bonchev–Trinajstić information content (AvgIpc) is 1.61. The number of likely N-dealkylation sites (N-methyl/N-ethyl adjacent to an activating group) is 2. The van der Waals surface area contributed by atoms with Crippen molar-refractivity contribution in [2.24, 2.45) is 0 Å². The summed E-state index contributed by atoms with van der Waals surface area (Å²) in [6.07, 6.45) is -1.39. The van der Waals surface area contributed by atoms with E-state index in [1.165, 1.54) is 36.7 Å². The number of nitrogens with zero attached hydrogens (tertiary/aromatic N) is 8. The summed E-state index contributed by atoms with van der Waals surface area (Å²) in [6.45, 7) is 5.01. The first-order valence-corrected chi connectivity index (χ1v) is 33.0. The van der Waals surface area contributed by atoms with E-state index in [0.29, 0.717) is 126 Å². The molecule has 0 saturated carbocycles. The molecule has 5 aromatic carbocycles. The molecule has 4 heterocycles. The van der Waals surface area contributed by atoms with Gasteiger partial charge in [0.05, 0.1) is 35.0 Å². The van der Waals surface area contributed by atoms with Crippen LogP contribution in [0.2, 0.25) is 0 Å². The number of rotatable bonds is 26. The molecule has 2 atom stereocenters. The predicted molar refractivity (Wildman–Crippen MR) is 351 cm³/mol. The Labute approximate surface area is 560 Å². The van der Waals surface area contributed by atoms with E-state index in [1.807, 2.05) is 73.8 Å². The van der Waals surface area contributed by atoms with Crippen LogP contribution < -0.4 is 10.6 Å². The fraction of sp³-hybridized carbons (Fsp3) is 0.458. The van der Waals surface area contributed by atoms with Gasteiger partial charge in [0.15, 0.2) is 0 Å². The lowest BCUT2D eigenvalue weighted by molar-refractivity contribution is -0.143. The number of likely N-dealkylation sites (tertiary alicyclic amines) is 2. The molecule has 0 unspecified atom stereocenters. The van der Waals surface area contributed by atoms with Crippen LogP contribution in [0.25, 0.3) is 11.1 Å². The Morgan fingerprint density at radius 1 is 0.680 bits per heavy atom. The van der Waals surface area contributed by atoms with Crippen molar-refractivity contribution in [3.63, 3.8) is 0 Å². The van der Waals surface area contributed by atoms with Gasteiger partial charge in [-0.15, -0.1) is 0 Å². The third-order valence-corrected chi connectivity index (χ3v) is 19.2. The molecule has 2 N–H and O–H groups in total. The van der Waals surface area contributed by atoms with Crippen molar-refractivity contribution in [3.8, 4) is 11.1 Å². The van der Waals surface area contributed by atoms with Crippen LogP contribution in [-0.4, -0.2) is 188 Å². The highest BCUT2D eigenvalue weighted by Crippen LogP contribution is 2.48. The maximum atomic E-state index is 14.2. The van der Waals surface area contributed by atoms with Gasteiger partial charge >= 0.3 is 18.4 Å². The number of carbonyl (C=O) groups is 5. The number of unbranched alkanes of at least 4 members (excludes halogenated alkanes) is 2. The fourth-order valence-electron chi connectivity index (χ4n) is 13.5. The zero-order valence-corrected chi connectivity index (χ0v) is 54.8. The summed E-state index contributed by atoms with van der Waals surface area (Å²) in [5.74, 6) is -1.62. The molecule has 10 rings (SSSR count). The lowest BCUT2D eigenvalue weighted by Crippen LogP contribution is -2.50. The van der Waals surface area contributed by atoms with Crippen molar-refractivity contribution in [2.75, 3.05) is 117 Å². The minimum Gasteiger partial charge on any atom is -0.446 e. The van der Waals surface area contributed by atoms with Crippen molar-refractivity contribution >= 4 is 41.4 Å². The number of benzene rings is 5. The number of fused-ring (bicyclic) bond motifs is 2. The maximum Gasteiger partial charge on any atom is 0.416 e. The summed E-state index contributed by atoms with van der Waals surface area (Å²) in [4.78, 5) is 85.8. The molecule has 0 radical (unpaired) electrons. The second-order valence-corrected chi connectivity index (χ2v) is 25.7. The number of para-hydroxylation sites is 1. The number of aromatic nitrogens is 2. The molecule has 3 fully saturated rings. The Hall–Kier alpha value is -8.52. The second-order valence-electron chi connectivity index (χ2n) is 25.7. The van der Waals surface area contributed by atoms with E-state index in [0.717, 1.165) is 66.1 Å². The molecule has 518 valence electrons. The molecule has 97 heavy (non-hydrogen) atoms. The molecule has 1 aromatic heterocycles. The third-order valence-electron chi connectivity index (χ3n) is 19.2. The van der Waals surface area contributed by atoms with Crippen LogP contribution in [0, 0.1) is 5.82 Å². The number of alkyl halides is 6. The highest BCUT2D eigenvalue weighted by molar-refractivity contribution is 5.95. The van der Waals surface area contributed by atoms with Crippen LogP contribution in [0.15, 0.2) is 134 Å². The summed E-state index contributed by atoms with van der Waals surface area (Å²) < 4.78 is 115. The number of ether oxygens (including phenoxy) is 3. The van der Waals surface area contributed by atoms with Gasteiger partial charge in [0, 0.05) is 109 Å². The predicted octanol–water partition coefficient (Wildman–Crippen LogP) is 11.8. The number of nitrogens with one attached hydrogen (secondary N) is 2. The van der Waals surface area contributed by atoms with E-state index in [-0.39, 0.29) is 55.6 Å². The molecule has 6 aromatic rings. The molecular weight excluding hydrogens is 1270 g/mol. The Morgan fingerprint density at radius 2 is 1.32 bits per heavy atom. The normalized spacial score (nSPS) is 18.2. The number of carbonyl (C=O) groups excluding carboxylic acids is 5. The topological polar surface area (TPSA) is 182 Å². The Morgan fingerprint density at radius 3 is 2.02 bits per heavy atom. The Bertz CT molecular complexity index is 3630. The van der Waals surface area contributed by atoms with Gasteiger partial charge in [-0.2, -0.15) is 26.3 Å². The first kappa shape index (κ1) is 71.3. The van der Waals surface area contributed by atoms with Crippen LogP contribution in [-0.2, 0) is 53.6 Å². The Kier molecular flexibility index (Phi) is 23.3. The number of hydrogen-bond acceptors (Lipinski definition) is 13. The smallest absolute Gasteiger partial charge is 0.416 e. The molecule has 4 aliphatic rings. The van der Waals surface area contributed by atoms with E-state index < -0.39 is 64.6 Å². The number of anilines is 2. The molecule has 1 spiro atoms. The van der Waals surface area contributed by atoms with Crippen LogP contribution >= 0.6 is 0 Å². The average molecular weight is 1350 g/mol. The summed E-state index contributed by atoms with van der Waals surface area (Å²) in [7, 11) is 5.21. The molecule has 3 aliphatic heterocycles. The summed E-state index contributed by atoms with van der Waals surface area (Å²) in [6, 6.07) is 31.9. The molecular formula is C72H83F7N10O8. The van der Waals surface area contributed by atoms with Crippen LogP contribution in [0.3, 0.4) is 0 Å². The summed E-state index contributed by atoms with van der Waals surface area (Å²) in [5.41, 5.74) is 0.0140. The zero-order chi connectivity index (χ0) is 68.9. The van der Waals surface area contributed by atoms with Gasteiger partial charge in [0.25, 0.3) is 11.8 Å². The van der Waals surface area contributed by atoms with Gasteiger partial charge in [-0.3, -0.25) is 24.5 Å². The van der Waals surface area contributed by atoms with Gasteiger partial charge < -0.3 is 48.9 Å². The summed E-state index contributed by atoms with van der Waals surface area (Å²) >= 11 is 0. The minimum absolute atomic E-state index is 0.0313. The maximum absolute atomic E-state index is 14.2. The Balaban J connectivity index is 0.604. The highest BCUT2D eigenvalue weighted by atomic mass is 19.4. The second kappa shape index (κ2) is 31.8. The lowest BCUT2D eigenvalue weighted by Gasteiger charge is -2.44. The number of halogens is 7. The number of piperidine rings is 2. The van der Waals surface area contributed by atoms with Gasteiger partial charge in [0.2, 0.25) is 17.8 Å². The molecule has 18 nitrogen and oxygen atoms in total. The van der Waals surface area contributed by atoms with Crippen molar-refractivity contribution in [1.82, 2.24) is 39.4 Å². The van der Waals surface area contributed by atoms with Crippen molar-refractivity contribution in [1.29, 1.82) is 0 Å². The SMILES string of the molecule is CN(CCN1CCC(OC(=O)Nc2ccccc2-c2ccccc2)CC1)C(=O)CCCCCNc1ncc(C(=O)N(C)CCCN(C)C(=O)CO[C@H]2Cc3ccccc3C23CCN(CC[C@@]2(c4ccc(F)cc4)CN(C(=O)c4cc(C(F)(F)F)cc(C(F)(F)F)c4)CO2)CC3)cn1. The van der Waals surface area contributed by atoms with Gasteiger partial charge in [0.1, 0.15) is 30.9 Å². The zero-order valence-electron chi connectivity index (χ0n) is 54.8. The molecule has 5 amide bonds. The van der Waals surface area contributed by atoms with Gasteiger partial charge in [-0.25, -0.2) is 19.2 Å². The van der Waals surface area contributed by atoms with E-state index >= 15 is 0 Å². The van der Waals surface area contributed by atoms with Crippen molar-refractivity contribution in [3.05, 3.63) is 178 Å². The lowest BCUT2D eigenvalue weighted by atomic mass is 9.72. The number of amides is 5. The third kappa shape index (κ3) is 18.2. The van der Waals surface area contributed by atoms with Crippen molar-refractivity contribution < 1.29 is 68.9 Å². The molecule has 3 saturated heterocycles. The largest absolute Gasteiger partial charge is 0.446 e. The first-order valence-electron chi connectivity index (χ1n) is 33.0. The summed E-state index contributed by atoms with van der Waals surface area (Å²) in [5, 5.41) is 6.12. The first-order chi connectivity index (χ1) is 46.5. The number of hydrogen-bond donors (Lipinski definition) is 2. The van der Waals surface area contributed by atoms with E-state index in [9.17, 15) is 54.7 Å². The minimum atomic E-state index is -5.15. The molecule has 25 heteroatoms. The van der Waals surface area contributed by atoms with Crippen LogP contribution in [0.5, 0.6) is 0 Å². The van der Waals surface area contributed by atoms with Gasteiger partial charge in [-0.05, 0) is 130 Å².